The average molecular weight is 743 g/mol. The number of hydrogen-bond acceptors (Lipinski definition) is 6. The van der Waals surface area contributed by atoms with Crippen LogP contribution in [0.25, 0.3) is 0 Å². The molecule has 9 heteroatoms. The molecule has 6 nitrogen and oxygen atoms in total. The zero-order valence-electron chi connectivity index (χ0n) is 33.8. The molecule has 0 spiro atoms. The van der Waals surface area contributed by atoms with Crippen molar-refractivity contribution in [2.45, 2.75) is 166 Å². The maximum absolute atomic E-state index is 13.4. The molecule has 5 atom stereocenters. The van der Waals surface area contributed by atoms with Gasteiger partial charge >= 0.3 is 5.97 Å². The second-order valence-electron chi connectivity index (χ2n) is 17.2. The lowest BCUT2D eigenvalue weighted by molar-refractivity contribution is -0.169. The maximum atomic E-state index is 13.4. The van der Waals surface area contributed by atoms with E-state index < -0.39 is 35.9 Å². The molecule has 282 valence electrons. The molecule has 0 N–H and O–H groups in total. The molecule has 0 unspecified atom stereocenters. The normalized spacial score (nSPS) is 22.3. The Bertz CT molecular complexity index is 1320. The van der Waals surface area contributed by atoms with Crippen LogP contribution in [0.15, 0.2) is 60.7 Å². The lowest BCUT2D eigenvalue weighted by Crippen LogP contribution is -2.53. The molecule has 0 bridgehead atoms. The Kier molecular flexibility index (Phi) is 15.0. The smallest absolute Gasteiger partial charge is 0.337 e. The highest BCUT2D eigenvalue weighted by molar-refractivity contribution is 6.91. The highest BCUT2D eigenvalue weighted by Gasteiger charge is 2.57. The molecule has 0 saturated carbocycles. The fourth-order valence-corrected chi connectivity index (χ4v) is 14.7. The minimum absolute atomic E-state index is 0.137. The summed E-state index contributed by atoms with van der Waals surface area (Å²) in [6.45, 7) is 28.6. The number of carbonyl (C=O) groups excluding carboxylic acids is 1. The van der Waals surface area contributed by atoms with E-state index in [9.17, 15) is 4.79 Å². The van der Waals surface area contributed by atoms with Gasteiger partial charge in [-0.3, -0.25) is 0 Å². The van der Waals surface area contributed by atoms with E-state index in [1.807, 2.05) is 13.0 Å². The molecule has 1 heterocycles. The van der Waals surface area contributed by atoms with Crippen LogP contribution in [0.1, 0.15) is 86.6 Å². The van der Waals surface area contributed by atoms with Gasteiger partial charge in [-0.15, -0.1) is 0 Å². The first-order chi connectivity index (χ1) is 23.3. The van der Waals surface area contributed by atoms with Crippen LogP contribution in [-0.4, -0.2) is 67.8 Å². The van der Waals surface area contributed by atoms with Crippen molar-refractivity contribution in [1.82, 2.24) is 0 Å². The molecule has 0 radical (unpaired) electrons. The number of ether oxygens (including phenoxy) is 3. The van der Waals surface area contributed by atoms with Crippen LogP contribution in [0, 0.1) is 0 Å². The van der Waals surface area contributed by atoms with E-state index in [4.69, 9.17) is 23.1 Å². The first-order valence-electron chi connectivity index (χ1n) is 19.1. The lowest BCUT2D eigenvalue weighted by Gasteiger charge is -2.42. The van der Waals surface area contributed by atoms with Crippen LogP contribution in [0.5, 0.6) is 0 Å². The molecule has 1 aliphatic heterocycles. The number of esters is 1. The van der Waals surface area contributed by atoms with Gasteiger partial charge in [0, 0.05) is 6.61 Å². The van der Waals surface area contributed by atoms with Crippen molar-refractivity contribution in [3.63, 3.8) is 0 Å². The molecule has 2 aromatic carbocycles. The van der Waals surface area contributed by atoms with Crippen LogP contribution >= 0.6 is 0 Å². The predicted molar refractivity (Wildman–Crippen MR) is 216 cm³/mol. The first-order valence-corrected chi connectivity index (χ1v) is 27.6. The van der Waals surface area contributed by atoms with Crippen molar-refractivity contribution in [2.24, 2.45) is 0 Å². The lowest BCUT2D eigenvalue weighted by atomic mass is 9.92. The number of rotatable bonds is 19. The summed E-state index contributed by atoms with van der Waals surface area (Å²) in [5.41, 5.74) is -0.144. The van der Waals surface area contributed by atoms with Crippen LogP contribution in [0.4, 0.5) is 0 Å². The van der Waals surface area contributed by atoms with Crippen molar-refractivity contribution < 1.29 is 27.9 Å². The molecule has 50 heavy (non-hydrogen) atoms. The van der Waals surface area contributed by atoms with E-state index in [1.54, 1.807) is 0 Å². The molecule has 1 aliphatic rings. The standard InChI is InChI=1S/C41H70O6Si3/c1-14-50(15-2,16-3)47-35(37-36(31-41(8,46-37)38(42)43-9)48(10,11)34-25-21-18-22-26-34)27-28-40(7,44-32-33-23-19-17-20-24-33)29-30-45-49(12,13)39(4,5)6/h17-26,35-37H,14-16,27-32H2,1-13H3/t35-,36-,37+,40+,41-/m1/s1. The highest BCUT2D eigenvalue weighted by Crippen LogP contribution is 2.49. The number of benzene rings is 2. The van der Waals surface area contributed by atoms with Crippen LogP contribution in [-0.2, 0) is 34.5 Å². The Balaban J connectivity index is 2.03. The van der Waals surface area contributed by atoms with Gasteiger partial charge in [-0.1, -0.05) is 120 Å². The summed E-state index contributed by atoms with van der Waals surface area (Å²) in [7, 11) is -4.70. The Morgan fingerprint density at radius 2 is 1.46 bits per heavy atom. The third kappa shape index (κ3) is 10.5. The van der Waals surface area contributed by atoms with Gasteiger partial charge in [-0.05, 0) is 86.9 Å². The Morgan fingerprint density at radius 1 is 0.900 bits per heavy atom. The van der Waals surface area contributed by atoms with Gasteiger partial charge in [-0.2, -0.15) is 0 Å². The topological polar surface area (TPSA) is 63.2 Å². The number of carbonyl (C=O) groups is 1. The van der Waals surface area contributed by atoms with E-state index in [1.165, 1.54) is 12.3 Å². The summed E-state index contributed by atoms with van der Waals surface area (Å²) < 4.78 is 33.5. The van der Waals surface area contributed by atoms with Crippen LogP contribution in [0.3, 0.4) is 0 Å². The summed E-state index contributed by atoms with van der Waals surface area (Å²) in [6.07, 6.45) is 2.57. The van der Waals surface area contributed by atoms with Crippen molar-refractivity contribution >= 4 is 35.9 Å². The Labute approximate surface area is 308 Å². The zero-order valence-corrected chi connectivity index (χ0v) is 36.8. The van der Waals surface area contributed by atoms with Gasteiger partial charge in [0.1, 0.15) is 0 Å². The van der Waals surface area contributed by atoms with Crippen molar-refractivity contribution in [3.05, 3.63) is 66.2 Å². The zero-order chi connectivity index (χ0) is 37.4. The summed E-state index contributed by atoms with van der Waals surface area (Å²) in [5, 5.41) is 1.51. The van der Waals surface area contributed by atoms with Gasteiger partial charge < -0.3 is 23.1 Å². The summed E-state index contributed by atoms with van der Waals surface area (Å²) >= 11 is 0. The van der Waals surface area contributed by atoms with Crippen molar-refractivity contribution in [3.8, 4) is 0 Å². The SMILES string of the molecule is CC[Si](CC)(CC)O[C@H](CC[C@@](C)(CCO[Si](C)(C)C(C)(C)C)OCc1ccccc1)[C@@H]1O[C@@](C)(C(=O)OC)C[C@H]1[Si](C)(C)c1ccccc1. The minimum Gasteiger partial charge on any atom is -0.467 e. The molecule has 0 amide bonds. The second kappa shape index (κ2) is 17.5. The van der Waals surface area contributed by atoms with E-state index in [2.05, 4.69) is 129 Å². The number of hydrogen-bond donors (Lipinski definition) is 0. The van der Waals surface area contributed by atoms with Crippen LogP contribution in [0.2, 0.25) is 54.9 Å². The molecule has 3 rings (SSSR count). The molecular weight excluding hydrogens is 673 g/mol. The first kappa shape index (κ1) is 42.8. The van der Waals surface area contributed by atoms with Crippen molar-refractivity contribution in [2.75, 3.05) is 13.7 Å². The van der Waals surface area contributed by atoms with Gasteiger partial charge in [0.2, 0.25) is 0 Å². The fourth-order valence-electron chi connectivity index (χ4n) is 7.30. The molecule has 0 aromatic heterocycles. The van der Waals surface area contributed by atoms with Crippen LogP contribution < -0.4 is 5.19 Å². The summed E-state index contributed by atoms with van der Waals surface area (Å²) in [5.74, 6) is -0.301. The third-order valence-corrected chi connectivity index (χ3v) is 25.9. The molecular formula is C41H70O6Si3. The van der Waals surface area contributed by atoms with Gasteiger partial charge in [-0.25, -0.2) is 4.79 Å². The largest absolute Gasteiger partial charge is 0.467 e. The second-order valence-corrected chi connectivity index (χ2v) is 31.5. The van der Waals surface area contributed by atoms with Crippen molar-refractivity contribution in [1.29, 1.82) is 0 Å². The molecule has 1 fully saturated rings. The summed E-state index contributed by atoms with van der Waals surface area (Å²) in [6, 6.07) is 24.4. The molecule has 1 saturated heterocycles. The monoisotopic (exact) mass is 742 g/mol. The quantitative estimate of drug-likeness (QED) is 0.106. The molecule has 0 aliphatic carbocycles. The van der Waals surface area contributed by atoms with Gasteiger partial charge in [0.25, 0.3) is 0 Å². The van der Waals surface area contributed by atoms with E-state index >= 15 is 0 Å². The van der Waals surface area contributed by atoms with Gasteiger partial charge in [0.15, 0.2) is 22.2 Å². The number of methoxy groups -OCH3 is 1. The van der Waals surface area contributed by atoms with E-state index in [0.29, 0.717) is 19.6 Å². The van der Waals surface area contributed by atoms with Gasteiger partial charge in [0.05, 0.1) is 39.6 Å². The predicted octanol–water partition coefficient (Wildman–Crippen LogP) is 10.3. The fraction of sp³-hybridized carbons (Fsp3) is 0.683. The third-order valence-electron chi connectivity index (χ3n) is 12.5. The minimum atomic E-state index is -2.16. The Hall–Kier alpha value is -1.60. The highest BCUT2D eigenvalue weighted by atomic mass is 28.4. The average Bonchev–Trinajstić information content (AvgIpc) is 3.47. The molecule has 2 aromatic rings. The van der Waals surface area contributed by atoms with E-state index in [0.717, 1.165) is 43.0 Å². The summed E-state index contributed by atoms with van der Waals surface area (Å²) in [4.78, 5) is 13.4. The maximum Gasteiger partial charge on any atom is 0.337 e. The van der Waals surface area contributed by atoms with E-state index in [-0.39, 0.29) is 28.8 Å². The Morgan fingerprint density at radius 3 is 1.98 bits per heavy atom.